The summed E-state index contributed by atoms with van der Waals surface area (Å²) in [6, 6.07) is -0.778. The zero-order chi connectivity index (χ0) is 93.8. The van der Waals surface area contributed by atoms with Crippen molar-refractivity contribution in [1.29, 1.82) is 5.41 Å². The predicted octanol–water partition coefficient (Wildman–Crippen LogP) is 1.30. The van der Waals surface area contributed by atoms with Gasteiger partial charge in [-0.15, -0.1) is 0 Å². The topological polar surface area (TPSA) is 691 Å². The van der Waals surface area contributed by atoms with E-state index in [1.807, 2.05) is 0 Å². The fourth-order valence-corrected chi connectivity index (χ4v) is 16.6. The average Bonchev–Trinajstić information content (AvgIpc) is 0.994. The second-order valence-corrected chi connectivity index (χ2v) is 33.8. The first-order valence-electron chi connectivity index (χ1n) is 41.9. The highest BCUT2D eigenvalue weighted by molar-refractivity contribution is 8.00. The van der Waals surface area contributed by atoms with Crippen LogP contribution >= 0.6 is 23.4 Å². The molecule has 0 radical (unpaired) electrons. The van der Waals surface area contributed by atoms with Gasteiger partial charge in [-0.2, -0.15) is 26.7 Å². The molecule has 1 aromatic heterocycles. The summed E-state index contributed by atoms with van der Waals surface area (Å²) in [5.74, 6) is -15.9. The highest BCUT2D eigenvalue weighted by Crippen LogP contribution is 2.43. The third kappa shape index (κ3) is 30.5. The lowest BCUT2D eigenvalue weighted by atomic mass is 9.90. The smallest absolute Gasteiger partial charge is 0.336 e. The molecule has 3 fully saturated rings. The van der Waals surface area contributed by atoms with Crippen LogP contribution < -0.4 is 91.3 Å². The van der Waals surface area contributed by atoms with Crippen LogP contribution in [0.4, 0.5) is 22.4 Å². The summed E-state index contributed by atoms with van der Waals surface area (Å²) < 4.78 is 5.95. The number of aromatic nitrogens is 3. The number of nitrogens with zero attached hydrogens (tertiary/aromatic N) is 4. The van der Waals surface area contributed by atoms with Gasteiger partial charge in [-0.05, 0) is 162 Å². The molecule has 5 aliphatic rings. The van der Waals surface area contributed by atoms with Crippen LogP contribution in [0.1, 0.15) is 167 Å². The van der Waals surface area contributed by atoms with Crippen LogP contribution in [-0.2, 0) is 67.1 Å². The van der Waals surface area contributed by atoms with Gasteiger partial charge in [0.25, 0.3) is 0 Å². The number of anilines is 3. The summed E-state index contributed by atoms with van der Waals surface area (Å²) in [5.41, 5.74) is 11.6. The Bertz CT molecular complexity index is 4960. The average molecular weight is 1830 g/mol. The number of fused-ring (bicyclic) bond motifs is 3. The van der Waals surface area contributed by atoms with Crippen LogP contribution in [0, 0.1) is 17.2 Å². The Hall–Kier alpha value is -13.2. The maximum atomic E-state index is 14.7. The first kappa shape index (κ1) is 100. The van der Waals surface area contributed by atoms with E-state index in [2.05, 4.69) is 89.4 Å². The molecular formula is C82H110ClN21O23S. The molecule has 46 heteroatoms. The molecule has 3 unspecified atom stereocenters. The predicted molar refractivity (Wildman–Crippen MR) is 464 cm³/mol. The molecule has 8 rings (SSSR count). The lowest BCUT2D eigenvalue weighted by Gasteiger charge is -2.30. The van der Waals surface area contributed by atoms with E-state index in [-0.39, 0.29) is 176 Å². The van der Waals surface area contributed by atoms with E-state index in [0.717, 1.165) is 12.2 Å². The first-order chi connectivity index (χ1) is 60.7. The van der Waals surface area contributed by atoms with E-state index in [0.29, 0.717) is 35.8 Å². The second-order valence-electron chi connectivity index (χ2n) is 32.2. The van der Waals surface area contributed by atoms with Gasteiger partial charge in [-0.25, -0.2) is 9.59 Å². The van der Waals surface area contributed by atoms with Crippen molar-refractivity contribution < 1.29 is 107 Å². The van der Waals surface area contributed by atoms with E-state index < -0.39 is 188 Å². The van der Waals surface area contributed by atoms with Gasteiger partial charge >= 0.3 is 29.9 Å². The molecule has 694 valence electrons. The van der Waals surface area contributed by atoms with Crippen molar-refractivity contribution in [1.82, 2.24) is 83.7 Å². The Labute approximate surface area is 743 Å². The number of carbonyl (C=O) groups excluding carboxylic acids is 12. The quantitative estimate of drug-likeness (QED) is 0.00857. The number of rotatable bonds is 51. The number of aliphatic carboxylic acids is 3. The fourth-order valence-electron chi connectivity index (χ4n) is 14.9. The van der Waals surface area contributed by atoms with Gasteiger partial charge in [0.15, 0.2) is 11.4 Å². The Morgan fingerprint density at radius 2 is 1.19 bits per heavy atom. The largest absolute Gasteiger partial charge is 0.508 e. The van der Waals surface area contributed by atoms with Crippen molar-refractivity contribution in [2.24, 2.45) is 23.3 Å². The van der Waals surface area contributed by atoms with E-state index in [9.17, 15) is 107 Å². The Morgan fingerprint density at radius 1 is 0.594 bits per heavy atom. The molecule has 5 heterocycles. The maximum Gasteiger partial charge on any atom is 0.336 e. The van der Waals surface area contributed by atoms with E-state index >= 15 is 0 Å². The van der Waals surface area contributed by atoms with Gasteiger partial charge in [0.2, 0.25) is 82.2 Å². The number of phenolic OH excluding ortho intramolecular Hbond substituents is 1. The fraction of sp³-hybridized carbons (Fsp3) is 0.524. The number of thioether (sulfide) groups is 1. The van der Waals surface area contributed by atoms with Gasteiger partial charge in [0, 0.05) is 90.7 Å². The molecule has 3 saturated heterocycles. The number of aromatic hydroxyl groups is 1. The Morgan fingerprint density at radius 3 is 1.84 bits per heavy atom. The number of primary amides is 1. The summed E-state index contributed by atoms with van der Waals surface area (Å²) in [6.07, 6.45) is -1.12. The maximum absolute atomic E-state index is 14.7. The van der Waals surface area contributed by atoms with Gasteiger partial charge in [-0.3, -0.25) is 77.3 Å². The number of urea groups is 1. The summed E-state index contributed by atoms with van der Waals surface area (Å²) >= 11 is 8.13. The number of aromatic carboxylic acids is 1. The highest BCUT2D eigenvalue weighted by Gasteiger charge is 2.44. The van der Waals surface area contributed by atoms with Crippen molar-refractivity contribution in [3.8, 4) is 28.2 Å². The SMILES string of the molecule is CC(C)C[C@H](NC(=O)CNC(=O)[C@H](CC(C)C)NC(=O)[C@H]1CCCN1C(=O)[C@H](CCC(=O)O)NC(=O)CCCCC1SCC2NC(=O)NC21)C(=O)N[C@H](CCCCNc1nc(Cl)nc(Nc2ccc(-c3c4ccc(=O)cc-4oc4cc(O)ccc34)c(C(=O)O)c2)n1)C(=O)N[C@@H](C)C(=O)N[C@H](CCC(=O)O)C(=O)N[C@@H](CCCNC(=N)N)C(=O)N[C@H](CCC(=O)O)C(N)=O. The molecule has 128 heavy (non-hydrogen) atoms. The molecule has 0 bridgehead atoms. The third-order valence-corrected chi connectivity index (χ3v) is 22.9. The van der Waals surface area contributed by atoms with E-state index in [1.54, 1.807) is 45.5 Å². The highest BCUT2D eigenvalue weighted by atomic mass is 35.5. The zero-order valence-electron chi connectivity index (χ0n) is 71.1. The minimum absolute atomic E-state index is 0.0169. The van der Waals surface area contributed by atoms with Crippen molar-refractivity contribution in [2.45, 2.75) is 228 Å². The van der Waals surface area contributed by atoms with Gasteiger partial charge < -0.3 is 121 Å². The number of nitrogens with one attached hydrogen (secondary N) is 15. The minimum Gasteiger partial charge on any atom is -0.508 e. The van der Waals surface area contributed by atoms with Crippen LogP contribution in [0.15, 0.2) is 63.8 Å². The number of likely N-dealkylation sites (tertiary alicyclic amines) is 1. The molecular weight excluding hydrogens is 1710 g/mol. The molecule has 24 N–H and O–H groups in total. The molecule has 44 nitrogen and oxygen atoms in total. The van der Waals surface area contributed by atoms with Crippen LogP contribution in [-0.4, -0.2) is 250 Å². The Kier molecular flexibility index (Phi) is 37.5. The number of unbranched alkanes of at least 4 members (excludes halogenated alkanes) is 2. The Balaban J connectivity index is 0.954. The van der Waals surface area contributed by atoms with Crippen molar-refractivity contribution in [3.05, 3.63) is 75.7 Å². The summed E-state index contributed by atoms with van der Waals surface area (Å²) in [4.78, 5) is 240. The molecule has 4 aliphatic heterocycles. The standard InChI is InChI=1S/C82H110ClN21O23S/c1-39(2)32-54(98-75(122)57-14-11-31-104(57)76(123)53(25-28-65(113)114)92-61(107)16-7-6-15-60-67-56(38-128-60)99-82(126)100-67)70(117)89-37-62(108)93-55(33-40(3)4)74(121)97-50(71(118)90-41(5)69(116)95-52(24-27-64(111)112)73(120)96-51(13-10-30-87-79(85)86)72(119)94-49(68(84)115)23-26-63(109)110)12-8-9-29-88-80-101-78(83)102-81(103-80)91-42-17-20-45(48(34-42)77(124)125)66-46-21-18-43(105)35-58(46)127-59-36-44(106)19-22-47(59)66/h17-22,34-36,39-41,49-57,60,67,105H,6-16,23-33,37-38H2,1-5H3,(H2,84,115)(H,89,117)(H,90,118)(H,92,107)(H,93,108)(H,94,119)(H,95,116)(H,96,120)(H,97,121)(H,98,122)(H,109,110)(H,111,112)(H,113,114)(H,124,125)(H4,85,86,87)(H2,99,100,126)(H2,88,91,101,102,103)/t41-,49+,50+,51-,52+,53-,54-,55-,56?,57+,60?,67?/m0/s1. The van der Waals surface area contributed by atoms with Crippen molar-refractivity contribution in [2.75, 3.05) is 42.6 Å². The van der Waals surface area contributed by atoms with Crippen molar-refractivity contribution >= 4 is 153 Å². The van der Waals surface area contributed by atoms with Crippen LogP contribution in [0.3, 0.4) is 0 Å². The number of nitrogens with two attached hydrogens (primary N) is 2. The van der Waals surface area contributed by atoms with Crippen LogP contribution in [0.2, 0.25) is 5.28 Å². The number of carbonyl (C=O) groups is 16. The molecule has 0 spiro atoms. The van der Waals surface area contributed by atoms with Crippen LogP contribution in [0.25, 0.3) is 33.4 Å². The number of benzene rings is 3. The number of carboxylic acid groups (broad SMARTS) is 4. The normalized spacial score (nSPS) is 17.0. The number of carboxylic acids is 4. The lowest BCUT2D eigenvalue weighted by molar-refractivity contribution is -0.143. The number of hydrogen-bond acceptors (Lipinski definition) is 26. The third-order valence-electron chi connectivity index (χ3n) is 21.2. The molecule has 13 amide bonds. The molecule has 2 aromatic carbocycles. The number of guanidine groups is 1. The summed E-state index contributed by atoms with van der Waals surface area (Å²) in [6.45, 7) is 7.47. The van der Waals surface area contributed by atoms with Crippen molar-refractivity contribution in [3.63, 3.8) is 0 Å². The number of hydrogen-bond donors (Lipinski definition) is 22. The molecule has 0 saturated carbocycles. The second kappa shape index (κ2) is 47.9. The monoisotopic (exact) mass is 1820 g/mol. The van der Waals surface area contributed by atoms with Crippen LogP contribution in [0.5, 0.6) is 5.75 Å². The number of halogens is 1. The summed E-state index contributed by atoms with van der Waals surface area (Å²) in [7, 11) is 0. The molecule has 12 atom stereocenters. The first-order valence-corrected chi connectivity index (χ1v) is 43.3. The zero-order valence-corrected chi connectivity index (χ0v) is 72.6. The van der Waals surface area contributed by atoms with Gasteiger partial charge in [0.05, 0.1) is 24.2 Å². The van der Waals surface area contributed by atoms with E-state index in [1.165, 1.54) is 60.4 Å². The molecule has 1 aliphatic carbocycles. The molecule has 3 aromatic rings. The number of amides is 13. The van der Waals surface area contributed by atoms with E-state index in [4.69, 9.17) is 32.9 Å². The lowest BCUT2D eigenvalue weighted by Crippen LogP contribution is -2.59. The van der Waals surface area contributed by atoms with Gasteiger partial charge in [0.1, 0.15) is 71.5 Å². The number of phenols is 1. The minimum atomic E-state index is -1.76. The summed E-state index contributed by atoms with van der Waals surface area (Å²) in [5, 5.41) is 94.3. The van der Waals surface area contributed by atoms with Gasteiger partial charge in [-0.1, -0.05) is 40.2 Å².